The van der Waals surface area contributed by atoms with Crippen LogP contribution in [0.25, 0.3) is 0 Å². The second kappa shape index (κ2) is 6.77. The van der Waals surface area contributed by atoms with Crippen LogP contribution in [0.1, 0.15) is 43.6 Å². The van der Waals surface area contributed by atoms with Gasteiger partial charge in [-0.3, -0.25) is 4.79 Å². The summed E-state index contributed by atoms with van der Waals surface area (Å²) in [6, 6.07) is 5.86. The van der Waals surface area contributed by atoms with Crippen molar-refractivity contribution in [2.45, 2.75) is 44.1 Å². The number of carbonyl (C=O) groups excluding carboxylic acids is 1. The third-order valence-corrected chi connectivity index (χ3v) is 5.79. The highest BCUT2D eigenvalue weighted by atomic mass is 35.5. The van der Waals surface area contributed by atoms with Crippen LogP contribution >= 0.6 is 23.2 Å². The SMILES string of the molecule is O=C(NC1CCC(CO)CC1)C1CC1c1cccc(Cl)c1Cl. The number of nitrogens with one attached hydrogen (secondary N) is 1. The fraction of sp³-hybridized carbons (Fsp3) is 0.588. The zero-order chi connectivity index (χ0) is 15.7. The number of hydrogen-bond acceptors (Lipinski definition) is 2. The largest absolute Gasteiger partial charge is 0.396 e. The molecule has 2 N–H and O–H groups in total. The van der Waals surface area contributed by atoms with E-state index in [1.807, 2.05) is 12.1 Å². The van der Waals surface area contributed by atoms with Gasteiger partial charge in [0.05, 0.1) is 10.0 Å². The van der Waals surface area contributed by atoms with Gasteiger partial charge >= 0.3 is 0 Å². The molecule has 0 aliphatic heterocycles. The Morgan fingerprint density at radius 3 is 2.64 bits per heavy atom. The predicted octanol–water partition coefficient (Wildman–Crippen LogP) is 3.76. The van der Waals surface area contributed by atoms with E-state index in [1.165, 1.54) is 0 Å². The Morgan fingerprint density at radius 1 is 1.23 bits per heavy atom. The van der Waals surface area contributed by atoms with Crippen LogP contribution in [0, 0.1) is 11.8 Å². The normalized spacial score (nSPS) is 30.9. The molecular weight excluding hydrogens is 321 g/mol. The van der Waals surface area contributed by atoms with Gasteiger partial charge in [0.1, 0.15) is 0 Å². The van der Waals surface area contributed by atoms with Crippen molar-refractivity contribution in [2.24, 2.45) is 11.8 Å². The van der Waals surface area contributed by atoms with Crippen molar-refractivity contribution in [1.29, 1.82) is 0 Å². The molecule has 0 heterocycles. The highest BCUT2D eigenvalue weighted by molar-refractivity contribution is 6.42. The monoisotopic (exact) mass is 341 g/mol. The van der Waals surface area contributed by atoms with Crippen molar-refractivity contribution in [1.82, 2.24) is 5.32 Å². The zero-order valence-corrected chi connectivity index (χ0v) is 13.9. The number of benzene rings is 1. The highest BCUT2D eigenvalue weighted by Crippen LogP contribution is 2.50. The molecule has 3 nitrogen and oxygen atoms in total. The van der Waals surface area contributed by atoms with Crippen molar-refractivity contribution >= 4 is 29.1 Å². The Bertz CT molecular complexity index is 556. The lowest BCUT2D eigenvalue weighted by atomic mass is 9.86. The minimum absolute atomic E-state index is 0.0199. The fourth-order valence-corrected chi connectivity index (χ4v) is 3.88. The fourth-order valence-electron chi connectivity index (χ4n) is 3.43. The van der Waals surface area contributed by atoms with Gasteiger partial charge in [-0.15, -0.1) is 0 Å². The van der Waals surface area contributed by atoms with Crippen LogP contribution in [0.4, 0.5) is 0 Å². The smallest absolute Gasteiger partial charge is 0.223 e. The van der Waals surface area contributed by atoms with Gasteiger partial charge in [0.2, 0.25) is 5.91 Å². The van der Waals surface area contributed by atoms with Crippen LogP contribution in [-0.2, 0) is 4.79 Å². The van der Waals surface area contributed by atoms with E-state index >= 15 is 0 Å². The maximum Gasteiger partial charge on any atom is 0.223 e. The summed E-state index contributed by atoms with van der Waals surface area (Å²) in [5.41, 5.74) is 0.985. The molecule has 1 aromatic carbocycles. The van der Waals surface area contributed by atoms with E-state index in [0.29, 0.717) is 16.0 Å². The summed E-state index contributed by atoms with van der Waals surface area (Å²) in [4.78, 5) is 12.4. The Hall–Kier alpha value is -0.770. The molecule has 2 saturated carbocycles. The molecule has 0 spiro atoms. The summed E-state index contributed by atoms with van der Waals surface area (Å²) in [6.07, 6.45) is 4.77. The Labute approximate surface area is 141 Å². The summed E-state index contributed by atoms with van der Waals surface area (Å²) < 4.78 is 0. The van der Waals surface area contributed by atoms with E-state index < -0.39 is 0 Å². The van der Waals surface area contributed by atoms with Crippen LogP contribution in [-0.4, -0.2) is 23.7 Å². The number of carbonyl (C=O) groups is 1. The number of halogens is 2. The second-order valence-electron chi connectivity index (χ2n) is 6.50. The van der Waals surface area contributed by atoms with Gasteiger partial charge in [0.25, 0.3) is 0 Å². The summed E-state index contributed by atoms with van der Waals surface area (Å²) in [5, 5.41) is 13.4. The first-order valence-electron chi connectivity index (χ1n) is 7.95. The van der Waals surface area contributed by atoms with Crippen molar-refractivity contribution in [2.75, 3.05) is 6.61 Å². The molecule has 3 rings (SSSR count). The molecule has 0 aromatic heterocycles. The van der Waals surface area contributed by atoms with Gasteiger partial charge in [-0.2, -0.15) is 0 Å². The number of aliphatic hydroxyl groups excluding tert-OH is 1. The van der Waals surface area contributed by atoms with Gasteiger partial charge in [-0.25, -0.2) is 0 Å². The molecular formula is C17H21Cl2NO2. The van der Waals surface area contributed by atoms with E-state index in [1.54, 1.807) is 6.07 Å². The quantitative estimate of drug-likeness (QED) is 0.875. The third-order valence-electron chi connectivity index (χ3n) is 4.96. The standard InChI is InChI=1S/C17H21Cl2NO2/c18-15-3-1-2-12(16(15)19)13-8-14(13)17(22)20-11-6-4-10(9-21)5-7-11/h1-3,10-11,13-14,21H,4-9H2,(H,20,22). The topological polar surface area (TPSA) is 49.3 Å². The van der Waals surface area contributed by atoms with Crippen LogP contribution in [0.15, 0.2) is 18.2 Å². The van der Waals surface area contributed by atoms with E-state index in [0.717, 1.165) is 37.7 Å². The molecule has 2 aliphatic rings. The molecule has 2 unspecified atom stereocenters. The van der Waals surface area contributed by atoms with E-state index in [2.05, 4.69) is 5.32 Å². The van der Waals surface area contributed by atoms with Crippen LogP contribution in [0.3, 0.4) is 0 Å². The second-order valence-corrected chi connectivity index (χ2v) is 7.29. The first kappa shape index (κ1) is 16.1. The van der Waals surface area contributed by atoms with Gasteiger partial charge in [-0.05, 0) is 55.6 Å². The molecule has 5 heteroatoms. The lowest BCUT2D eigenvalue weighted by Crippen LogP contribution is -2.39. The third kappa shape index (κ3) is 3.42. The van der Waals surface area contributed by atoms with Crippen LogP contribution in [0.2, 0.25) is 10.0 Å². The molecule has 2 fully saturated rings. The number of aliphatic hydroxyl groups is 1. The lowest BCUT2D eigenvalue weighted by Gasteiger charge is -2.28. The van der Waals surface area contributed by atoms with E-state index in [9.17, 15) is 4.79 Å². The van der Waals surface area contributed by atoms with E-state index in [-0.39, 0.29) is 30.4 Å². The van der Waals surface area contributed by atoms with Crippen LogP contribution in [0.5, 0.6) is 0 Å². The first-order chi connectivity index (χ1) is 10.6. The lowest BCUT2D eigenvalue weighted by molar-refractivity contribution is -0.123. The van der Waals surface area contributed by atoms with Crippen molar-refractivity contribution in [3.63, 3.8) is 0 Å². The van der Waals surface area contributed by atoms with Gasteiger partial charge < -0.3 is 10.4 Å². The Balaban J connectivity index is 1.54. The molecule has 0 radical (unpaired) electrons. The molecule has 0 saturated heterocycles. The zero-order valence-electron chi connectivity index (χ0n) is 12.4. The van der Waals surface area contributed by atoms with E-state index in [4.69, 9.17) is 28.3 Å². The van der Waals surface area contributed by atoms with Crippen molar-refractivity contribution in [3.8, 4) is 0 Å². The molecule has 0 bridgehead atoms. The van der Waals surface area contributed by atoms with Gasteiger partial charge in [-0.1, -0.05) is 35.3 Å². The number of amides is 1. The summed E-state index contributed by atoms with van der Waals surface area (Å²) in [5.74, 6) is 0.757. The minimum Gasteiger partial charge on any atom is -0.396 e. The Morgan fingerprint density at radius 2 is 1.95 bits per heavy atom. The maximum absolute atomic E-state index is 12.4. The summed E-state index contributed by atoms with van der Waals surface area (Å²) in [6.45, 7) is 0.263. The molecule has 1 aromatic rings. The Kier molecular flexibility index (Phi) is 4.96. The molecule has 1 amide bonds. The highest BCUT2D eigenvalue weighted by Gasteiger charge is 2.45. The molecule has 22 heavy (non-hydrogen) atoms. The number of rotatable bonds is 4. The molecule has 2 aliphatic carbocycles. The number of hydrogen-bond donors (Lipinski definition) is 2. The summed E-state index contributed by atoms with van der Waals surface area (Å²) >= 11 is 12.3. The van der Waals surface area contributed by atoms with Gasteiger partial charge in [0.15, 0.2) is 0 Å². The first-order valence-corrected chi connectivity index (χ1v) is 8.71. The maximum atomic E-state index is 12.4. The van der Waals surface area contributed by atoms with Crippen molar-refractivity contribution in [3.05, 3.63) is 33.8 Å². The predicted molar refractivity (Wildman–Crippen MR) is 88.3 cm³/mol. The average Bonchev–Trinajstić information content (AvgIpc) is 3.31. The van der Waals surface area contributed by atoms with Crippen LogP contribution < -0.4 is 5.32 Å². The van der Waals surface area contributed by atoms with Gasteiger partial charge in [0, 0.05) is 18.6 Å². The van der Waals surface area contributed by atoms with Crippen molar-refractivity contribution < 1.29 is 9.90 Å². The average molecular weight is 342 g/mol. The molecule has 2 atom stereocenters. The summed E-state index contributed by atoms with van der Waals surface area (Å²) in [7, 11) is 0. The molecule has 120 valence electrons. The minimum atomic E-state index is 0.0199.